The number of methoxy groups -OCH3 is 1. The minimum absolute atomic E-state index is 0.0949. The van der Waals surface area contributed by atoms with E-state index in [2.05, 4.69) is 23.6 Å². The molecule has 0 bridgehead atoms. The van der Waals surface area contributed by atoms with Crippen molar-refractivity contribution in [3.63, 3.8) is 0 Å². The summed E-state index contributed by atoms with van der Waals surface area (Å²) < 4.78 is 4.70. The molecule has 0 N–H and O–H groups in total. The van der Waals surface area contributed by atoms with Crippen molar-refractivity contribution in [1.82, 2.24) is 9.80 Å². The van der Waals surface area contributed by atoms with Crippen molar-refractivity contribution in [2.75, 3.05) is 39.8 Å². The first-order valence-corrected chi connectivity index (χ1v) is 8.13. The van der Waals surface area contributed by atoms with E-state index in [9.17, 15) is 4.79 Å². The first-order valence-electron chi connectivity index (χ1n) is 8.13. The first-order chi connectivity index (χ1) is 9.60. The van der Waals surface area contributed by atoms with Crippen LogP contribution in [-0.2, 0) is 9.53 Å². The SMILES string of the molecule is COC(=O)CCN1CCN(C2CCC(C)C(C)C2)CC1. The molecule has 116 valence electrons. The first kappa shape index (κ1) is 15.8. The lowest BCUT2D eigenvalue weighted by atomic mass is 9.78. The zero-order chi connectivity index (χ0) is 14.5. The molecule has 1 saturated carbocycles. The second-order valence-electron chi connectivity index (χ2n) is 6.63. The van der Waals surface area contributed by atoms with Gasteiger partial charge in [0.2, 0.25) is 0 Å². The van der Waals surface area contributed by atoms with Gasteiger partial charge in [0.05, 0.1) is 13.5 Å². The Morgan fingerprint density at radius 1 is 1.10 bits per heavy atom. The van der Waals surface area contributed by atoms with E-state index in [1.807, 2.05) is 0 Å². The summed E-state index contributed by atoms with van der Waals surface area (Å²) in [5.74, 6) is 1.67. The van der Waals surface area contributed by atoms with Gasteiger partial charge in [-0.15, -0.1) is 0 Å². The molecule has 0 spiro atoms. The summed E-state index contributed by atoms with van der Waals surface area (Å²) in [5, 5.41) is 0. The van der Waals surface area contributed by atoms with E-state index >= 15 is 0 Å². The molecule has 0 aromatic rings. The molecular formula is C16H30N2O2. The summed E-state index contributed by atoms with van der Waals surface area (Å²) in [6.45, 7) is 10.2. The average molecular weight is 282 g/mol. The van der Waals surface area contributed by atoms with Gasteiger partial charge in [-0.3, -0.25) is 9.69 Å². The van der Waals surface area contributed by atoms with Gasteiger partial charge in [-0.2, -0.15) is 0 Å². The van der Waals surface area contributed by atoms with Crippen LogP contribution in [0.4, 0.5) is 0 Å². The lowest BCUT2D eigenvalue weighted by molar-refractivity contribution is -0.141. The predicted molar refractivity (Wildman–Crippen MR) is 80.6 cm³/mol. The van der Waals surface area contributed by atoms with E-state index in [0.717, 1.165) is 50.6 Å². The third kappa shape index (κ3) is 4.19. The lowest BCUT2D eigenvalue weighted by Crippen LogP contribution is -2.52. The van der Waals surface area contributed by atoms with E-state index in [4.69, 9.17) is 4.74 Å². The largest absolute Gasteiger partial charge is 0.469 e. The molecule has 3 unspecified atom stereocenters. The molecule has 0 aromatic carbocycles. The Kier molecular flexibility index (Phi) is 5.85. The Balaban J connectivity index is 1.70. The Hall–Kier alpha value is -0.610. The lowest BCUT2D eigenvalue weighted by Gasteiger charge is -2.43. The van der Waals surface area contributed by atoms with Crippen molar-refractivity contribution in [3.8, 4) is 0 Å². The number of nitrogens with zero attached hydrogens (tertiary/aromatic N) is 2. The van der Waals surface area contributed by atoms with Gasteiger partial charge in [0, 0.05) is 38.8 Å². The van der Waals surface area contributed by atoms with Crippen molar-refractivity contribution in [2.45, 2.75) is 45.6 Å². The van der Waals surface area contributed by atoms with E-state index in [1.165, 1.54) is 26.4 Å². The van der Waals surface area contributed by atoms with Crippen LogP contribution in [0.5, 0.6) is 0 Å². The van der Waals surface area contributed by atoms with E-state index in [-0.39, 0.29) is 5.97 Å². The van der Waals surface area contributed by atoms with Crippen molar-refractivity contribution < 1.29 is 9.53 Å². The van der Waals surface area contributed by atoms with Crippen LogP contribution in [0, 0.1) is 11.8 Å². The molecule has 1 heterocycles. The number of esters is 1. The minimum Gasteiger partial charge on any atom is -0.469 e. The van der Waals surface area contributed by atoms with Gasteiger partial charge in [-0.1, -0.05) is 13.8 Å². The molecule has 1 aliphatic heterocycles. The summed E-state index contributed by atoms with van der Waals surface area (Å²) in [6.07, 6.45) is 4.64. The van der Waals surface area contributed by atoms with E-state index in [0.29, 0.717) is 6.42 Å². The highest BCUT2D eigenvalue weighted by molar-refractivity contribution is 5.69. The number of carbonyl (C=O) groups excluding carboxylic acids is 1. The molecule has 0 aromatic heterocycles. The molecule has 1 aliphatic carbocycles. The van der Waals surface area contributed by atoms with Gasteiger partial charge in [0.15, 0.2) is 0 Å². The number of hydrogen-bond acceptors (Lipinski definition) is 4. The molecule has 2 rings (SSSR count). The van der Waals surface area contributed by atoms with Crippen LogP contribution >= 0.6 is 0 Å². The molecule has 4 nitrogen and oxygen atoms in total. The third-order valence-corrected chi connectivity index (χ3v) is 5.35. The van der Waals surface area contributed by atoms with Crippen molar-refractivity contribution in [3.05, 3.63) is 0 Å². The Morgan fingerprint density at radius 2 is 1.80 bits per heavy atom. The highest BCUT2D eigenvalue weighted by atomic mass is 16.5. The van der Waals surface area contributed by atoms with Crippen LogP contribution in [0.15, 0.2) is 0 Å². The minimum atomic E-state index is -0.0949. The number of ether oxygens (including phenoxy) is 1. The standard InChI is InChI=1S/C16H30N2O2/c1-13-4-5-15(12-14(13)2)18-10-8-17(9-11-18)7-6-16(19)20-3/h13-15H,4-12H2,1-3H3. The van der Waals surface area contributed by atoms with Gasteiger partial charge < -0.3 is 9.64 Å². The molecule has 20 heavy (non-hydrogen) atoms. The normalized spacial score (nSPS) is 33.0. The topological polar surface area (TPSA) is 32.8 Å². The maximum atomic E-state index is 11.2. The monoisotopic (exact) mass is 282 g/mol. The summed E-state index contributed by atoms with van der Waals surface area (Å²) in [7, 11) is 1.46. The summed E-state index contributed by atoms with van der Waals surface area (Å²) >= 11 is 0. The number of rotatable bonds is 4. The maximum absolute atomic E-state index is 11.2. The van der Waals surface area contributed by atoms with Crippen LogP contribution in [0.1, 0.15) is 39.5 Å². The zero-order valence-electron chi connectivity index (χ0n) is 13.3. The molecule has 1 saturated heterocycles. The molecule has 3 atom stereocenters. The Morgan fingerprint density at radius 3 is 2.40 bits per heavy atom. The van der Waals surface area contributed by atoms with Crippen molar-refractivity contribution in [1.29, 1.82) is 0 Å². The van der Waals surface area contributed by atoms with Crippen molar-refractivity contribution in [2.24, 2.45) is 11.8 Å². The van der Waals surface area contributed by atoms with Crippen LogP contribution in [-0.4, -0.2) is 61.6 Å². The van der Waals surface area contributed by atoms with Gasteiger partial charge in [0.25, 0.3) is 0 Å². The van der Waals surface area contributed by atoms with Crippen LogP contribution in [0.25, 0.3) is 0 Å². The predicted octanol–water partition coefficient (Wildman–Crippen LogP) is 1.99. The second-order valence-corrected chi connectivity index (χ2v) is 6.63. The quantitative estimate of drug-likeness (QED) is 0.738. The smallest absolute Gasteiger partial charge is 0.306 e. The maximum Gasteiger partial charge on any atom is 0.306 e. The fourth-order valence-corrected chi connectivity index (χ4v) is 3.55. The van der Waals surface area contributed by atoms with Crippen LogP contribution in [0.3, 0.4) is 0 Å². The summed E-state index contributed by atoms with van der Waals surface area (Å²) in [4.78, 5) is 16.2. The van der Waals surface area contributed by atoms with Crippen molar-refractivity contribution >= 4 is 5.97 Å². The molecule has 2 fully saturated rings. The molecule has 4 heteroatoms. The summed E-state index contributed by atoms with van der Waals surface area (Å²) in [6, 6.07) is 0.795. The number of hydrogen-bond donors (Lipinski definition) is 0. The van der Waals surface area contributed by atoms with Gasteiger partial charge in [-0.25, -0.2) is 0 Å². The highest BCUT2D eigenvalue weighted by Crippen LogP contribution is 2.32. The third-order valence-electron chi connectivity index (χ3n) is 5.35. The zero-order valence-corrected chi connectivity index (χ0v) is 13.3. The van der Waals surface area contributed by atoms with Gasteiger partial charge >= 0.3 is 5.97 Å². The molecule has 0 radical (unpaired) electrons. The highest BCUT2D eigenvalue weighted by Gasteiger charge is 2.30. The average Bonchev–Trinajstić information content (AvgIpc) is 2.48. The van der Waals surface area contributed by atoms with E-state index < -0.39 is 0 Å². The van der Waals surface area contributed by atoms with Gasteiger partial charge in [0.1, 0.15) is 0 Å². The molecular weight excluding hydrogens is 252 g/mol. The fraction of sp³-hybridized carbons (Fsp3) is 0.938. The number of piperazine rings is 1. The molecule has 2 aliphatic rings. The summed E-state index contributed by atoms with van der Waals surface area (Å²) in [5.41, 5.74) is 0. The van der Waals surface area contributed by atoms with Crippen LogP contribution < -0.4 is 0 Å². The van der Waals surface area contributed by atoms with E-state index in [1.54, 1.807) is 0 Å². The Bertz CT molecular complexity index is 314. The van der Waals surface area contributed by atoms with Gasteiger partial charge in [-0.05, 0) is 31.1 Å². The van der Waals surface area contributed by atoms with Crippen LogP contribution in [0.2, 0.25) is 0 Å². The number of carbonyl (C=O) groups is 1. The second kappa shape index (κ2) is 7.41. The fourth-order valence-electron chi connectivity index (χ4n) is 3.55. The molecule has 0 amide bonds. The Labute approximate surface area is 123 Å².